The Labute approximate surface area is 111 Å². The minimum absolute atomic E-state index is 0. The summed E-state index contributed by atoms with van der Waals surface area (Å²) in [6, 6.07) is 10.8. The number of thiol groups is 1. The fourth-order valence-corrected chi connectivity index (χ4v) is 1.59. The number of hydrogen-bond donors (Lipinski definition) is 3. The first-order valence-corrected chi connectivity index (χ1v) is 5.38. The Bertz CT molecular complexity index is 562. The molecule has 0 radical (unpaired) electrons. The molecule has 2 aromatic carbocycles. The predicted molar refractivity (Wildman–Crippen MR) is 73.6 cm³/mol. The lowest BCUT2D eigenvalue weighted by atomic mass is 10.0. The summed E-state index contributed by atoms with van der Waals surface area (Å²) in [4.78, 5) is 12.8. The van der Waals surface area contributed by atoms with Crippen molar-refractivity contribution in [2.24, 2.45) is 0 Å². The molecule has 2 N–H and O–H groups in total. The molecule has 0 heterocycles. The zero-order chi connectivity index (χ0) is 12.4. The molecular formula is C14H14O3S. The summed E-state index contributed by atoms with van der Waals surface area (Å²) in [5, 5.41) is 18.5. The van der Waals surface area contributed by atoms with Gasteiger partial charge in [-0.05, 0) is 42.5 Å². The van der Waals surface area contributed by atoms with Crippen LogP contribution in [0.1, 0.15) is 23.3 Å². The van der Waals surface area contributed by atoms with Crippen molar-refractivity contribution in [3.63, 3.8) is 0 Å². The molecule has 3 nitrogen and oxygen atoms in total. The summed E-state index contributed by atoms with van der Waals surface area (Å²) in [6.07, 6.45) is 0. The number of aromatic hydroxyl groups is 2. The largest absolute Gasteiger partial charge is 0.504 e. The van der Waals surface area contributed by atoms with Crippen molar-refractivity contribution >= 4 is 18.4 Å². The predicted octanol–water partition coefficient (Wildman–Crippen LogP) is 3.25. The molecule has 0 fully saturated rings. The number of ketones is 1. The minimum atomic E-state index is -0.304. The van der Waals surface area contributed by atoms with Gasteiger partial charge in [0.1, 0.15) is 0 Å². The first-order chi connectivity index (χ1) is 8.08. The third-order valence-corrected chi connectivity index (χ3v) is 2.67. The maximum absolute atomic E-state index is 12.0. The lowest BCUT2D eigenvalue weighted by molar-refractivity contribution is 0.103. The highest BCUT2D eigenvalue weighted by atomic mass is 32.1. The Kier molecular flexibility index (Phi) is 4.39. The van der Waals surface area contributed by atoms with Crippen LogP contribution in [0, 0.1) is 0 Å². The molecule has 0 atom stereocenters. The van der Waals surface area contributed by atoms with Crippen LogP contribution in [0.5, 0.6) is 11.5 Å². The van der Waals surface area contributed by atoms with E-state index in [4.69, 9.17) is 5.11 Å². The Morgan fingerprint density at radius 3 is 2.00 bits per heavy atom. The number of carbonyl (C=O) groups excluding carboxylic acids is 1. The third-order valence-electron chi connectivity index (χ3n) is 2.37. The topological polar surface area (TPSA) is 57.5 Å². The van der Waals surface area contributed by atoms with Gasteiger partial charge in [0.25, 0.3) is 0 Å². The molecule has 0 aliphatic heterocycles. The number of phenolic OH excluding ortho intramolecular Hbond substituents is 2. The van der Waals surface area contributed by atoms with Gasteiger partial charge in [-0.1, -0.05) is 7.43 Å². The Hall–Kier alpha value is -1.94. The standard InChI is InChI=1S/C13H10O3S.CH4/c14-11-6-3-9(7-12(11)15)13(16)8-1-4-10(17)5-2-8;/h1-7,14-15,17H;1H4. The van der Waals surface area contributed by atoms with E-state index in [1.807, 2.05) is 0 Å². The van der Waals surface area contributed by atoms with E-state index in [1.54, 1.807) is 24.3 Å². The normalized spacial score (nSPS) is 9.61. The number of phenols is 2. The van der Waals surface area contributed by atoms with Crippen LogP contribution in [-0.4, -0.2) is 16.0 Å². The van der Waals surface area contributed by atoms with E-state index in [0.717, 1.165) is 4.90 Å². The molecule has 0 saturated carbocycles. The van der Waals surface area contributed by atoms with Gasteiger partial charge >= 0.3 is 0 Å². The van der Waals surface area contributed by atoms with Gasteiger partial charge in [0.2, 0.25) is 0 Å². The van der Waals surface area contributed by atoms with Gasteiger partial charge in [-0.25, -0.2) is 0 Å². The molecule has 0 aliphatic rings. The first-order valence-electron chi connectivity index (χ1n) is 4.93. The third kappa shape index (κ3) is 2.84. The average molecular weight is 262 g/mol. The maximum Gasteiger partial charge on any atom is 0.193 e. The summed E-state index contributed by atoms with van der Waals surface area (Å²) in [6.45, 7) is 0. The SMILES string of the molecule is C.O=C(c1ccc(S)cc1)c1ccc(O)c(O)c1. The minimum Gasteiger partial charge on any atom is -0.504 e. The van der Waals surface area contributed by atoms with Crippen molar-refractivity contribution in [1.82, 2.24) is 0 Å². The zero-order valence-electron chi connectivity index (χ0n) is 8.79. The van der Waals surface area contributed by atoms with Crippen LogP contribution in [0.2, 0.25) is 0 Å². The molecule has 0 aliphatic carbocycles. The Balaban J connectivity index is 0.00000162. The van der Waals surface area contributed by atoms with Crippen molar-refractivity contribution < 1.29 is 15.0 Å². The lowest BCUT2D eigenvalue weighted by Crippen LogP contribution is -2.00. The van der Waals surface area contributed by atoms with E-state index in [2.05, 4.69) is 12.6 Å². The van der Waals surface area contributed by atoms with Gasteiger partial charge in [0.15, 0.2) is 17.3 Å². The fourth-order valence-electron chi connectivity index (χ4n) is 1.44. The van der Waals surface area contributed by atoms with Crippen molar-refractivity contribution in [3.05, 3.63) is 53.6 Å². The second-order valence-electron chi connectivity index (χ2n) is 3.58. The van der Waals surface area contributed by atoms with Crippen LogP contribution in [0.3, 0.4) is 0 Å². The van der Waals surface area contributed by atoms with E-state index in [1.165, 1.54) is 18.2 Å². The Morgan fingerprint density at radius 1 is 0.889 bits per heavy atom. The van der Waals surface area contributed by atoms with Crippen LogP contribution in [-0.2, 0) is 0 Å². The number of rotatable bonds is 2. The Morgan fingerprint density at radius 2 is 1.44 bits per heavy atom. The molecule has 0 saturated heterocycles. The van der Waals surface area contributed by atoms with Gasteiger partial charge in [0.05, 0.1) is 0 Å². The maximum atomic E-state index is 12.0. The quantitative estimate of drug-likeness (QED) is 0.442. The highest BCUT2D eigenvalue weighted by molar-refractivity contribution is 7.80. The zero-order valence-corrected chi connectivity index (χ0v) is 9.69. The molecule has 2 rings (SSSR count). The molecular weight excluding hydrogens is 248 g/mol. The van der Waals surface area contributed by atoms with Crippen LogP contribution in [0.15, 0.2) is 47.4 Å². The smallest absolute Gasteiger partial charge is 0.193 e. The van der Waals surface area contributed by atoms with Crippen molar-refractivity contribution in [2.45, 2.75) is 12.3 Å². The lowest BCUT2D eigenvalue weighted by Gasteiger charge is -2.03. The second kappa shape index (κ2) is 5.60. The molecule has 0 aromatic heterocycles. The van der Waals surface area contributed by atoms with Crippen molar-refractivity contribution in [3.8, 4) is 11.5 Å². The molecule has 0 bridgehead atoms. The number of hydrogen-bond acceptors (Lipinski definition) is 4. The molecule has 0 amide bonds. The monoisotopic (exact) mass is 262 g/mol. The first kappa shape index (κ1) is 14.1. The van der Waals surface area contributed by atoms with Gasteiger partial charge in [0, 0.05) is 16.0 Å². The molecule has 94 valence electrons. The summed E-state index contributed by atoms with van der Waals surface area (Å²) in [5.41, 5.74) is 0.833. The van der Waals surface area contributed by atoms with E-state index in [-0.39, 0.29) is 24.7 Å². The number of benzene rings is 2. The van der Waals surface area contributed by atoms with E-state index in [0.29, 0.717) is 11.1 Å². The highest BCUT2D eigenvalue weighted by Gasteiger charge is 2.10. The van der Waals surface area contributed by atoms with Crippen molar-refractivity contribution in [2.75, 3.05) is 0 Å². The van der Waals surface area contributed by atoms with Gasteiger partial charge in [-0.15, -0.1) is 12.6 Å². The molecule has 18 heavy (non-hydrogen) atoms. The number of carbonyl (C=O) groups is 1. The summed E-state index contributed by atoms with van der Waals surface area (Å²) in [7, 11) is 0. The van der Waals surface area contributed by atoms with Crippen LogP contribution in [0.25, 0.3) is 0 Å². The molecule has 0 spiro atoms. The second-order valence-corrected chi connectivity index (χ2v) is 4.10. The fraction of sp³-hybridized carbons (Fsp3) is 0.0714. The van der Waals surface area contributed by atoms with Crippen LogP contribution >= 0.6 is 12.6 Å². The molecule has 0 unspecified atom stereocenters. The van der Waals surface area contributed by atoms with Crippen LogP contribution in [0.4, 0.5) is 0 Å². The van der Waals surface area contributed by atoms with Crippen LogP contribution < -0.4 is 0 Å². The summed E-state index contributed by atoms with van der Waals surface area (Å²) in [5.74, 6) is -0.762. The highest BCUT2D eigenvalue weighted by Crippen LogP contribution is 2.26. The average Bonchev–Trinajstić information content (AvgIpc) is 2.33. The summed E-state index contributed by atoms with van der Waals surface area (Å²) >= 11 is 4.13. The van der Waals surface area contributed by atoms with Gasteiger partial charge in [-0.2, -0.15) is 0 Å². The van der Waals surface area contributed by atoms with E-state index < -0.39 is 0 Å². The molecule has 4 heteroatoms. The molecule has 2 aromatic rings. The van der Waals surface area contributed by atoms with Gasteiger partial charge in [-0.3, -0.25) is 4.79 Å². The summed E-state index contributed by atoms with van der Waals surface area (Å²) < 4.78 is 0. The van der Waals surface area contributed by atoms with Gasteiger partial charge < -0.3 is 10.2 Å². The van der Waals surface area contributed by atoms with E-state index >= 15 is 0 Å². The van der Waals surface area contributed by atoms with Crippen molar-refractivity contribution in [1.29, 1.82) is 0 Å². The van der Waals surface area contributed by atoms with E-state index in [9.17, 15) is 9.90 Å².